The van der Waals surface area contributed by atoms with Crippen molar-refractivity contribution in [2.45, 2.75) is 33.7 Å². The van der Waals surface area contributed by atoms with Crippen molar-refractivity contribution in [3.8, 4) is 0 Å². The predicted molar refractivity (Wildman–Crippen MR) is 72.0 cm³/mol. The quantitative estimate of drug-likeness (QED) is 0.853. The van der Waals surface area contributed by atoms with Crippen molar-refractivity contribution in [2.75, 3.05) is 11.9 Å². The van der Waals surface area contributed by atoms with E-state index in [1.807, 2.05) is 52.0 Å². The van der Waals surface area contributed by atoms with Gasteiger partial charge in [0, 0.05) is 12.7 Å². The Balaban J connectivity index is 2.95. The summed E-state index contributed by atoms with van der Waals surface area (Å²) in [5.41, 5.74) is 7.75. The minimum absolute atomic E-state index is 0.0493. The Morgan fingerprint density at radius 2 is 1.82 bits per heavy atom. The summed E-state index contributed by atoms with van der Waals surface area (Å²) in [4.78, 5) is 13.9. The number of nitrogens with zero attached hydrogens (tertiary/aromatic N) is 1. The van der Waals surface area contributed by atoms with Crippen molar-refractivity contribution < 1.29 is 4.79 Å². The van der Waals surface area contributed by atoms with Crippen LogP contribution in [0.2, 0.25) is 0 Å². The topological polar surface area (TPSA) is 46.3 Å². The lowest BCUT2D eigenvalue weighted by atomic mass is 9.86. The second kappa shape index (κ2) is 4.88. The molecule has 1 rings (SSSR count). The fraction of sp³-hybridized carbons (Fsp3) is 0.500. The van der Waals surface area contributed by atoms with Gasteiger partial charge in [0.05, 0.1) is 6.04 Å². The van der Waals surface area contributed by atoms with Crippen LogP contribution in [0.15, 0.2) is 24.3 Å². The van der Waals surface area contributed by atoms with Crippen LogP contribution in [-0.2, 0) is 4.79 Å². The molecule has 0 aliphatic heterocycles. The minimum Gasteiger partial charge on any atom is -0.319 e. The number of carbonyl (C=O) groups excluding carboxylic acids is 1. The SMILES string of the molecule is Cc1ccccc1N(C)C(=O)[C@H](N)C(C)(C)C. The molecule has 0 aromatic heterocycles. The molecule has 0 aliphatic rings. The molecule has 0 bridgehead atoms. The summed E-state index contributed by atoms with van der Waals surface area (Å²) in [6, 6.07) is 7.31. The summed E-state index contributed by atoms with van der Waals surface area (Å²) in [5, 5.41) is 0. The second-order valence-corrected chi connectivity index (χ2v) is 5.53. The first-order chi connectivity index (χ1) is 7.75. The van der Waals surface area contributed by atoms with Crippen molar-refractivity contribution in [3.05, 3.63) is 29.8 Å². The highest BCUT2D eigenvalue weighted by molar-refractivity contribution is 5.97. The number of carbonyl (C=O) groups is 1. The maximum Gasteiger partial charge on any atom is 0.244 e. The van der Waals surface area contributed by atoms with Crippen LogP contribution >= 0.6 is 0 Å². The summed E-state index contributed by atoms with van der Waals surface area (Å²) in [7, 11) is 1.77. The van der Waals surface area contributed by atoms with Crippen LogP contribution in [0, 0.1) is 12.3 Å². The third-order valence-corrected chi connectivity index (χ3v) is 3.01. The van der Waals surface area contributed by atoms with Crippen LogP contribution < -0.4 is 10.6 Å². The Morgan fingerprint density at radius 3 is 2.29 bits per heavy atom. The van der Waals surface area contributed by atoms with E-state index in [0.29, 0.717) is 0 Å². The van der Waals surface area contributed by atoms with Crippen LogP contribution in [-0.4, -0.2) is 19.0 Å². The number of hydrogen-bond donors (Lipinski definition) is 1. The van der Waals surface area contributed by atoms with E-state index in [1.54, 1.807) is 11.9 Å². The standard InChI is InChI=1S/C14H22N2O/c1-10-8-6-7-9-11(10)16(5)13(17)12(15)14(2,3)4/h6-9,12H,15H2,1-5H3/t12-/m0/s1. The smallest absolute Gasteiger partial charge is 0.244 e. The van der Waals surface area contributed by atoms with Gasteiger partial charge in [0.1, 0.15) is 0 Å². The third kappa shape index (κ3) is 3.07. The summed E-state index contributed by atoms with van der Waals surface area (Å²) < 4.78 is 0. The lowest BCUT2D eigenvalue weighted by Crippen LogP contribution is -2.49. The van der Waals surface area contributed by atoms with Gasteiger partial charge in [-0.1, -0.05) is 39.0 Å². The predicted octanol–water partition coefficient (Wildman–Crippen LogP) is 2.33. The van der Waals surface area contributed by atoms with E-state index in [-0.39, 0.29) is 11.3 Å². The molecule has 0 heterocycles. The zero-order valence-electron chi connectivity index (χ0n) is 11.3. The Hall–Kier alpha value is -1.35. The molecule has 0 fully saturated rings. The molecule has 3 heteroatoms. The normalized spacial score (nSPS) is 13.3. The van der Waals surface area contributed by atoms with Crippen LogP contribution in [0.5, 0.6) is 0 Å². The molecular formula is C14H22N2O. The zero-order valence-corrected chi connectivity index (χ0v) is 11.3. The third-order valence-electron chi connectivity index (χ3n) is 3.01. The number of benzene rings is 1. The van der Waals surface area contributed by atoms with Gasteiger partial charge in [0.2, 0.25) is 5.91 Å². The fourth-order valence-electron chi connectivity index (χ4n) is 1.64. The number of amides is 1. The van der Waals surface area contributed by atoms with E-state index in [0.717, 1.165) is 11.3 Å². The zero-order chi connectivity index (χ0) is 13.2. The van der Waals surface area contributed by atoms with E-state index in [2.05, 4.69) is 0 Å². The fourth-order valence-corrected chi connectivity index (χ4v) is 1.64. The molecule has 0 radical (unpaired) electrons. The molecule has 17 heavy (non-hydrogen) atoms. The molecule has 1 amide bonds. The van der Waals surface area contributed by atoms with Crippen molar-refractivity contribution in [1.29, 1.82) is 0 Å². The molecule has 0 saturated heterocycles. The average molecular weight is 234 g/mol. The lowest BCUT2D eigenvalue weighted by Gasteiger charge is -2.30. The van der Waals surface area contributed by atoms with Crippen LogP contribution in [0.25, 0.3) is 0 Å². The number of para-hydroxylation sites is 1. The van der Waals surface area contributed by atoms with Gasteiger partial charge < -0.3 is 10.6 Å². The van der Waals surface area contributed by atoms with Gasteiger partial charge in [-0.15, -0.1) is 0 Å². The first-order valence-electron chi connectivity index (χ1n) is 5.84. The van der Waals surface area contributed by atoms with Gasteiger partial charge >= 0.3 is 0 Å². The Bertz CT molecular complexity index is 407. The van der Waals surface area contributed by atoms with Crippen LogP contribution in [0.4, 0.5) is 5.69 Å². The number of rotatable bonds is 2. The molecule has 0 aliphatic carbocycles. The molecular weight excluding hydrogens is 212 g/mol. The summed E-state index contributed by atoms with van der Waals surface area (Å²) in [6.45, 7) is 7.91. The number of aryl methyl sites for hydroxylation is 1. The van der Waals surface area contributed by atoms with E-state index in [4.69, 9.17) is 5.73 Å². The summed E-state index contributed by atoms with van der Waals surface area (Å²) in [6.07, 6.45) is 0. The monoisotopic (exact) mass is 234 g/mol. The van der Waals surface area contributed by atoms with Gasteiger partial charge in [-0.2, -0.15) is 0 Å². The Kier molecular flexibility index (Phi) is 3.94. The van der Waals surface area contributed by atoms with Gasteiger partial charge in [-0.05, 0) is 24.0 Å². The highest BCUT2D eigenvalue weighted by atomic mass is 16.2. The molecule has 0 unspecified atom stereocenters. The molecule has 1 aromatic rings. The second-order valence-electron chi connectivity index (χ2n) is 5.53. The maximum absolute atomic E-state index is 12.2. The van der Waals surface area contributed by atoms with Crippen molar-refractivity contribution in [2.24, 2.45) is 11.1 Å². The van der Waals surface area contributed by atoms with Gasteiger partial charge in [0.25, 0.3) is 0 Å². The number of hydrogen-bond acceptors (Lipinski definition) is 2. The van der Waals surface area contributed by atoms with Crippen molar-refractivity contribution in [3.63, 3.8) is 0 Å². The molecule has 1 atom stereocenters. The van der Waals surface area contributed by atoms with Crippen molar-refractivity contribution >= 4 is 11.6 Å². The van der Waals surface area contributed by atoms with Crippen molar-refractivity contribution in [1.82, 2.24) is 0 Å². The van der Waals surface area contributed by atoms with Gasteiger partial charge in [-0.3, -0.25) is 4.79 Å². The van der Waals surface area contributed by atoms with Crippen LogP contribution in [0.3, 0.4) is 0 Å². The number of anilines is 1. The van der Waals surface area contributed by atoms with E-state index in [9.17, 15) is 4.79 Å². The molecule has 3 nitrogen and oxygen atoms in total. The largest absolute Gasteiger partial charge is 0.319 e. The Morgan fingerprint density at radius 1 is 1.29 bits per heavy atom. The molecule has 1 aromatic carbocycles. The molecule has 0 saturated carbocycles. The van der Waals surface area contributed by atoms with Gasteiger partial charge in [-0.25, -0.2) is 0 Å². The van der Waals surface area contributed by atoms with Gasteiger partial charge in [0.15, 0.2) is 0 Å². The van der Waals surface area contributed by atoms with E-state index >= 15 is 0 Å². The Labute approximate surface area is 104 Å². The molecule has 0 spiro atoms. The molecule has 2 N–H and O–H groups in total. The average Bonchev–Trinajstić information content (AvgIpc) is 2.25. The highest BCUT2D eigenvalue weighted by Gasteiger charge is 2.30. The molecule has 94 valence electrons. The van der Waals surface area contributed by atoms with E-state index in [1.165, 1.54) is 0 Å². The lowest BCUT2D eigenvalue weighted by molar-refractivity contribution is -0.121. The number of nitrogens with two attached hydrogens (primary N) is 1. The first-order valence-corrected chi connectivity index (χ1v) is 5.84. The number of likely N-dealkylation sites (N-methyl/N-ethyl adjacent to an activating group) is 1. The highest BCUT2D eigenvalue weighted by Crippen LogP contribution is 2.23. The first kappa shape index (κ1) is 13.7. The van der Waals surface area contributed by atoms with Crippen LogP contribution in [0.1, 0.15) is 26.3 Å². The van der Waals surface area contributed by atoms with E-state index < -0.39 is 6.04 Å². The summed E-state index contributed by atoms with van der Waals surface area (Å²) in [5.74, 6) is -0.0493. The summed E-state index contributed by atoms with van der Waals surface area (Å²) >= 11 is 0. The minimum atomic E-state index is -0.493. The maximum atomic E-state index is 12.2.